The molecule has 4 heteroatoms. The van der Waals surface area contributed by atoms with E-state index in [0.29, 0.717) is 6.42 Å². The Morgan fingerprint density at radius 1 is 1.29 bits per heavy atom. The summed E-state index contributed by atoms with van der Waals surface area (Å²) in [5, 5.41) is 0. The lowest BCUT2D eigenvalue weighted by Gasteiger charge is -2.41. The zero-order chi connectivity index (χ0) is 13.2. The molecule has 1 aromatic carbocycles. The van der Waals surface area contributed by atoms with Gasteiger partial charge in [0, 0.05) is 11.1 Å². The summed E-state index contributed by atoms with van der Waals surface area (Å²) in [7, 11) is 3.73. The Hall–Kier alpha value is -1.00. The summed E-state index contributed by atoms with van der Waals surface area (Å²) in [5.41, 5.74) is 5.55. The maximum absolute atomic E-state index is 13.7. The van der Waals surface area contributed by atoms with Gasteiger partial charge in [-0.1, -0.05) is 13.0 Å². The lowest BCUT2D eigenvalue weighted by Crippen LogP contribution is -2.50. The SMILES string of the molecule is CCC(C)(C(N)c1c(F)cccc1F)N(C)C. The molecular formula is C13H20F2N2. The van der Waals surface area contributed by atoms with E-state index in [-0.39, 0.29) is 5.56 Å². The Balaban J connectivity index is 3.24. The van der Waals surface area contributed by atoms with E-state index in [4.69, 9.17) is 5.73 Å². The van der Waals surface area contributed by atoms with Crippen molar-refractivity contribution in [1.82, 2.24) is 4.90 Å². The Morgan fingerprint density at radius 2 is 1.76 bits per heavy atom. The fourth-order valence-electron chi connectivity index (χ4n) is 1.93. The van der Waals surface area contributed by atoms with Gasteiger partial charge in [-0.3, -0.25) is 0 Å². The van der Waals surface area contributed by atoms with Crippen LogP contribution in [-0.2, 0) is 0 Å². The van der Waals surface area contributed by atoms with Crippen LogP contribution in [0.4, 0.5) is 8.78 Å². The fraction of sp³-hybridized carbons (Fsp3) is 0.538. The molecule has 0 heterocycles. The highest BCUT2D eigenvalue weighted by molar-refractivity contribution is 5.26. The number of hydrogen-bond acceptors (Lipinski definition) is 2. The van der Waals surface area contributed by atoms with Gasteiger partial charge in [0.2, 0.25) is 0 Å². The summed E-state index contributed by atoms with van der Waals surface area (Å²) in [5.74, 6) is -1.17. The monoisotopic (exact) mass is 242 g/mol. The number of nitrogens with two attached hydrogens (primary N) is 1. The van der Waals surface area contributed by atoms with Crippen LogP contribution in [0.1, 0.15) is 31.9 Å². The van der Waals surface area contributed by atoms with Crippen LogP contribution >= 0.6 is 0 Å². The molecule has 2 atom stereocenters. The van der Waals surface area contributed by atoms with Crippen molar-refractivity contribution in [2.45, 2.75) is 31.8 Å². The minimum atomic E-state index is -0.705. The lowest BCUT2D eigenvalue weighted by atomic mass is 9.83. The molecule has 0 fully saturated rings. The molecule has 17 heavy (non-hydrogen) atoms. The second-order valence-corrected chi connectivity index (χ2v) is 4.72. The van der Waals surface area contributed by atoms with Gasteiger partial charge < -0.3 is 10.6 Å². The van der Waals surface area contributed by atoms with Crippen molar-refractivity contribution in [3.05, 3.63) is 35.4 Å². The smallest absolute Gasteiger partial charge is 0.130 e. The van der Waals surface area contributed by atoms with Crippen molar-refractivity contribution in [1.29, 1.82) is 0 Å². The van der Waals surface area contributed by atoms with Crippen LogP contribution < -0.4 is 5.73 Å². The highest BCUT2D eigenvalue weighted by Crippen LogP contribution is 2.33. The second-order valence-electron chi connectivity index (χ2n) is 4.72. The molecule has 0 saturated carbocycles. The summed E-state index contributed by atoms with van der Waals surface area (Å²) < 4.78 is 27.4. The molecule has 0 aliphatic carbocycles. The van der Waals surface area contributed by atoms with Crippen LogP contribution in [-0.4, -0.2) is 24.5 Å². The molecule has 1 rings (SSSR count). The molecule has 0 aliphatic heterocycles. The quantitative estimate of drug-likeness (QED) is 0.879. The predicted molar refractivity (Wildman–Crippen MR) is 65.7 cm³/mol. The molecule has 0 aliphatic rings. The number of benzene rings is 1. The molecular weight excluding hydrogens is 222 g/mol. The summed E-state index contributed by atoms with van der Waals surface area (Å²) in [6.07, 6.45) is 0.703. The first-order chi connectivity index (χ1) is 7.84. The third-order valence-electron chi connectivity index (χ3n) is 3.72. The summed E-state index contributed by atoms with van der Waals surface area (Å²) >= 11 is 0. The van der Waals surface area contributed by atoms with Crippen LogP contribution in [0.3, 0.4) is 0 Å². The first-order valence-electron chi connectivity index (χ1n) is 5.71. The molecule has 0 bridgehead atoms. The number of halogens is 2. The first kappa shape index (κ1) is 14.1. The number of hydrogen-bond donors (Lipinski definition) is 1. The standard InChI is InChI=1S/C13H20F2N2/c1-5-13(2,17(3)4)12(16)11-9(14)7-6-8-10(11)15/h6-8,12H,5,16H2,1-4H3. The average molecular weight is 242 g/mol. The molecule has 96 valence electrons. The molecule has 0 saturated heterocycles. The predicted octanol–water partition coefficient (Wildman–Crippen LogP) is 2.69. The minimum Gasteiger partial charge on any atom is -0.322 e. The van der Waals surface area contributed by atoms with Gasteiger partial charge in [-0.2, -0.15) is 0 Å². The van der Waals surface area contributed by atoms with Crippen LogP contribution in [0, 0.1) is 11.6 Å². The number of rotatable bonds is 4. The van der Waals surface area contributed by atoms with Gasteiger partial charge in [0.1, 0.15) is 11.6 Å². The largest absolute Gasteiger partial charge is 0.322 e. The normalized spacial score (nSPS) is 16.9. The Bertz CT molecular complexity index is 373. The van der Waals surface area contributed by atoms with Gasteiger partial charge in [0.25, 0.3) is 0 Å². The van der Waals surface area contributed by atoms with Crippen LogP contribution in [0.15, 0.2) is 18.2 Å². The highest BCUT2D eigenvalue weighted by Gasteiger charge is 2.36. The molecule has 0 radical (unpaired) electrons. The topological polar surface area (TPSA) is 29.3 Å². The van der Waals surface area contributed by atoms with Crippen LogP contribution in [0.2, 0.25) is 0 Å². The van der Waals surface area contributed by atoms with Crippen molar-refractivity contribution in [2.24, 2.45) is 5.73 Å². The van der Waals surface area contributed by atoms with Crippen molar-refractivity contribution in [2.75, 3.05) is 14.1 Å². The van der Waals surface area contributed by atoms with Gasteiger partial charge >= 0.3 is 0 Å². The van der Waals surface area contributed by atoms with Crippen molar-refractivity contribution in [3.8, 4) is 0 Å². The maximum atomic E-state index is 13.7. The Labute approximate surface area is 101 Å². The van der Waals surface area contributed by atoms with E-state index in [9.17, 15) is 8.78 Å². The van der Waals surface area contributed by atoms with Gasteiger partial charge in [0.15, 0.2) is 0 Å². The van der Waals surface area contributed by atoms with E-state index in [2.05, 4.69) is 0 Å². The Kier molecular flexibility index (Phi) is 4.22. The van der Waals surface area contributed by atoms with Crippen molar-refractivity contribution in [3.63, 3.8) is 0 Å². The zero-order valence-electron chi connectivity index (χ0n) is 10.8. The summed E-state index contributed by atoms with van der Waals surface area (Å²) in [6.45, 7) is 3.86. The Morgan fingerprint density at radius 3 is 2.12 bits per heavy atom. The van der Waals surface area contributed by atoms with Crippen LogP contribution in [0.5, 0.6) is 0 Å². The van der Waals surface area contributed by atoms with E-state index >= 15 is 0 Å². The zero-order valence-corrected chi connectivity index (χ0v) is 10.8. The summed E-state index contributed by atoms with van der Waals surface area (Å²) in [6, 6.07) is 3.12. The minimum absolute atomic E-state index is 0.0365. The molecule has 0 aromatic heterocycles. The first-order valence-corrected chi connectivity index (χ1v) is 5.71. The van der Waals surface area contributed by atoms with E-state index in [0.717, 1.165) is 0 Å². The molecule has 2 nitrogen and oxygen atoms in total. The molecule has 0 amide bonds. The van der Waals surface area contributed by atoms with Crippen molar-refractivity contribution >= 4 is 0 Å². The lowest BCUT2D eigenvalue weighted by molar-refractivity contribution is 0.128. The third-order valence-corrected chi connectivity index (χ3v) is 3.72. The van der Waals surface area contributed by atoms with E-state index in [1.165, 1.54) is 18.2 Å². The van der Waals surface area contributed by atoms with Gasteiger partial charge in [-0.05, 0) is 39.6 Å². The van der Waals surface area contributed by atoms with Gasteiger partial charge in [0.05, 0.1) is 6.04 Å². The van der Waals surface area contributed by atoms with Crippen molar-refractivity contribution < 1.29 is 8.78 Å². The van der Waals surface area contributed by atoms with Crippen LogP contribution in [0.25, 0.3) is 0 Å². The molecule has 1 aromatic rings. The highest BCUT2D eigenvalue weighted by atomic mass is 19.1. The maximum Gasteiger partial charge on any atom is 0.130 e. The number of nitrogens with zero attached hydrogens (tertiary/aromatic N) is 1. The van der Waals surface area contributed by atoms with E-state index < -0.39 is 23.2 Å². The fourth-order valence-corrected chi connectivity index (χ4v) is 1.93. The second kappa shape index (κ2) is 5.10. The van der Waals surface area contributed by atoms with E-state index in [1.807, 2.05) is 32.8 Å². The summed E-state index contributed by atoms with van der Waals surface area (Å²) in [4.78, 5) is 1.91. The molecule has 0 spiro atoms. The van der Waals surface area contributed by atoms with E-state index in [1.54, 1.807) is 0 Å². The molecule has 2 N–H and O–H groups in total. The average Bonchev–Trinajstić information content (AvgIpc) is 2.27. The van der Waals surface area contributed by atoms with Gasteiger partial charge in [-0.15, -0.1) is 0 Å². The number of likely N-dealkylation sites (N-methyl/N-ethyl adjacent to an activating group) is 1. The third kappa shape index (κ3) is 2.48. The van der Waals surface area contributed by atoms with Gasteiger partial charge in [-0.25, -0.2) is 8.78 Å². The molecule has 2 unspecified atom stereocenters.